The van der Waals surface area contributed by atoms with E-state index in [1.54, 1.807) is 0 Å². The second-order valence-corrected chi connectivity index (χ2v) is 4.97. The molecule has 0 aromatic heterocycles. The third kappa shape index (κ3) is 3.67. The maximum Gasteiger partial charge on any atom is 0.132 e. The van der Waals surface area contributed by atoms with Crippen LogP contribution in [0.3, 0.4) is 0 Å². The second kappa shape index (κ2) is 5.97. The van der Waals surface area contributed by atoms with Crippen LogP contribution >= 0.6 is 0 Å². The molecule has 2 nitrogen and oxygen atoms in total. The van der Waals surface area contributed by atoms with Gasteiger partial charge in [0.25, 0.3) is 0 Å². The predicted octanol–water partition coefficient (Wildman–Crippen LogP) is 2.88. The van der Waals surface area contributed by atoms with Crippen LogP contribution in [0.5, 0.6) is 0 Å². The summed E-state index contributed by atoms with van der Waals surface area (Å²) in [6.07, 6.45) is 2.65. The molecule has 0 radical (unpaired) electrons. The molecule has 1 aliphatic rings. The first-order valence-electron chi connectivity index (χ1n) is 6.56. The summed E-state index contributed by atoms with van der Waals surface area (Å²) < 4.78 is 0. The lowest BCUT2D eigenvalue weighted by molar-refractivity contribution is -0.119. The first kappa shape index (κ1) is 12.3. The highest BCUT2D eigenvalue weighted by atomic mass is 16.1. The SMILES string of the molecule is CCC(=O)C[C@@H]1CCN(Cc2ccccc2)C1. The van der Waals surface area contributed by atoms with Gasteiger partial charge in [0.1, 0.15) is 5.78 Å². The first-order valence-corrected chi connectivity index (χ1v) is 6.56. The summed E-state index contributed by atoms with van der Waals surface area (Å²) in [5.41, 5.74) is 1.37. The van der Waals surface area contributed by atoms with E-state index in [2.05, 4.69) is 35.2 Å². The fourth-order valence-electron chi connectivity index (χ4n) is 2.53. The van der Waals surface area contributed by atoms with Gasteiger partial charge in [-0.3, -0.25) is 9.69 Å². The van der Waals surface area contributed by atoms with E-state index in [1.165, 1.54) is 12.0 Å². The fraction of sp³-hybridized carbons (Fsp3) is 0.533. The molecule has 1 aromatic carbocycles. The molecule has 0 amide bonds. The molecule has 0 bridgehead atoms. The van der Waals surface area contributed by atoms with Crippen LogP contribution < -0.4 is 0 Å². The van der Waals surface area contributed by atoms with Gasteiger partial charge in [0, 0.05) is 25.9 Å². The van der Waals surface area contributed by atoms with E-state index in [9.17, 15) is 4.79 Å². The van der Waals surface area contributed by atoms with Crippen LogP contribution in [0.4, 0.5) is 0 Å². The second-order valence-electron chi connectivity index (χ2n) is 4.97. The van der Waals surface area contributed by atoms with E-state index in [4.69, 9.17) is 0 Å². The van der Waals surface area contributed by atoms with E-state index in [-0.39, 0.29) is 0 Å². The van der Waals surface area contributed by atoms with E-state index < -0.39 is 0 Å². The zero-order valence-corrected chi connectivity index (χ0v) is 10.6. The van der Waals surface area contributed by atoms with Crippen molar-refractivity contribution in [2.45, 2.75) is 32.7 Å². The van der Waals surface area contributed by atoms with Crippen LogP contribution in [0.25, 0.3) is 0 Å². The van der Waals surface area contributed by atoms with Crippen molar-refractivity contribution in [2.24, 2.45) is 5.92 Å². The molecular formula is C15H21NO. The van der Waals surface area contributed by atoms with Crippen LogP contribution in [0.15, 0.2) is 30.3 Å². The Morgan fingerprint density at radius 2 is 2.12 bits per heavy atom. The Bertz CT molecular complexity index is 360. The lowest BCUT2D eigenvalue weighted by Crippen LogP contribution is -2.20. The minimum atomic E-state index is 0.413. The lowest BCUT2D eigenvalue weighted by atomic mass is 10.0. The van der Waals surface area contributed by atoms with Gasteiger partial charge in [-0.1, -0.05) is 37.3 Å². The van der Waals surface area contributed by atoms with Gasteiger partial charge in [0.05, 0.1) is 0 Å². The van der Waals surface area contributed by atoms with Gasteiger partial charge < -0.3 is 0 Å². The highest BCUT2D eigenvalue weighted by molar-refractivity contribution is 5.78. The van der Waals surface area contributed by atoms with Crippen molar-refractivity contribution in [3.05, 3.63) is 35.9 Å². The molecule has 2 heteroatoms. The number of carbonyl (C=O) groups excluding carboxylic acids is 1. The van der Waals surface area contributed by atoms with E-state index in [1.807, 2.05) is 6.92 Å². The van der Waals surface area contributed by atoms with Crippen LogP contribution in [-0.2, 0) is 11.3 Å². The van der Waals surface area contributed by atoms with E-state index in [0.29, 0.717) is 18.1 Å². The molecule has 92 valence electrons. The maximum atomic E-state index is 11.4. The van der Waals surface area contributed by atoms with Gasteiger partial charge in [-0.25, -0.2) is 0 Å². The average molecular weight is 231 g/mol. The number of carbonyl (C=O) groups is 1. The third-order valence-corrected chi connectivity index (χ3v) is 3.53. The molecule has 1 fully saturated rings. The number of benzene rings is 1. The molecule has 17 heavy (non-hydrogen) atoms. The Kier molecular flexibility index (Phi) is 4.32. The average Bonchev–Trinajstić information content (AvgIpc) is 2.77. The highest BCUT2D eigenvalue weighted by Crippen LogP contribution is 2.22. The number of nitrogens with zero attached hydrogens (tertiary/aromatic N) is 1. The highest BCUT2D eigenvalue weighted by Gasteiger charge is 2.23. The van der Waals surface area contributed by atoms with Crippen molar-refractivity contribution < 1.29 is 4.79 Å². The largest absolute Gasteiger partial charge is 0.300 e. The molecule has 1 heterocycles. The molecular weight excluding hydrogens is 210 g/mol. The number of Topliss-reactive ketones (excluding diaryl/α,β-unsaturated/α-hetero) is 1. The van der Waals surface area contributed by atoms with Crippen LogP contribution in [0.2, 0.25) is 0 Å². The molecule has 0 unspecified atom stereocenters. The van der Waals surface area contributed by atoms with Crippen molar-refractivity contribution in [2.75, 3.05) is 13.1 Å². The molecule has 1 atom stereocenters. The quantitative estimate of drug-likeness (QED) is 0.776. The fourth-order valence-corrected chi connectivity index (χ4v) is 2.53. The number of ketones is 1. The third-order valence-electron chi connectivity index (χ3n) is 3.53. The molecule has 0 N–H and O–H groups in total. The minimum Gasteiger partial charge on any atom is -0.300 e. The zero-order valence-electron chi connectivity index (χ0n) is 10.6. The van der Waals surface area contributed by atoms with Crippen LogP contribution in [-0.4, -0.2) is 23.8 Å². The topological polar surface area (TPSA) is 20.3 Å². The summed E-state index contributed by atoms with van der Waals surface area (Å²) in [6, 6.07) is 10.6. The number of hydrogen-bond acceptors (Lipinski definition) is 2. The van der Waals surface area contributed by atoms with Crippen molar-refractivity contribution in [3.8, 4) is 0 Å². The summed E-state index contributed by atoms with van der Waals surface area (Å²) >= 11 is 0. The Labute approximate surface area is 104 Å². The summed E-state index contributed by atoms with van der Waals surface area (Å²) in [5.74, 6) is 1.00. The smallest absolute Gasteiger partial charge is 0.132 e. The maximum absolute atomic E-state index is 11.4. The van der Waals surface area contributed by atoms with Crippen LogP contribution in [0.1, 0.15) is 31.7 Å². The molecule has 0 spiro atoms. The number of likely N-dealkylation sites (tertiary alicyclic amines) is 1. The van der Waals surface area contributed by atoms with Crippen LogP contribution in [0, 0.1) is 5.92 Å². The van der Waals surface area contributed by atoms with E-state index >= 15 is 0 Å². The van der Waals surface area contributed by atoms with Crippen molar-refractivity contribution in [1.29, 1.82) is 0 Å². The van der Waals surface area contributed by atoms with Gasteiger partial charge >= 0.3 is 0 Å². The normalized spacial score (nSPS) is 20.6. The van der Waals surface area contributed by atoms with Gasteiger partial charge in [0.15, 0.2) is 0 Å². The molecule has 1 aliphatic heterocycles. The Morgan fingerprint density at radius 3 is 2.82 bits per heavy atom. The molecule has 0 saturated carbocycles. The molecule has 1 aromatic rings. The van der Waals surface area contributed by atoms with Crippen molar-refractivity contribution >= 4 is 5.78 Å². The number of hydrogen-bond donors (Lipinski definition) is 0. The molecule has 1 saturated heterocycles. The van der Waals surface area contributed by atoms with E-state index in [0.717, 1.165) is 26.1 Å². The first-order chi connectivity index (χ1) is 8.28. The Balaban J connectivity index is 1.80. The lowest BCUT2D eigenvalue weighted by Gasteiger charge is -2.15. The summed E-state index contributed by atoms with van der Waals surface area (Å²) in [7, 11) is 0. The monoisotopic (exact) mass is 231 g/mol. The summed E-state index contributed by atoms with van der Waals surface area (Å²) in [6.45, 7) is 5.20. The zero-order chi connectivity index (χ0) is 12.1. The number of rotatable bonds is 5. The summed E-state index contributed by atoms with van der Waals surface area (Å²) in [4.78, 5) is 13.9. The van der Waals surface area contributed by atoms with Gasteiger partial charge in [-0.05, 0) is 24.4 Å². The standard InChI is InChI=1S/C15H21NO/c1-2-15(17)10-14-8-9-16(12-14)11-13-6-4-3-5-7-13/h3-7,14H,2,8-12H2,1H3/t14-/m0/s1. The minimum absolute atomic E-state index is 0.413. The van der Waals surface area contributed by atoms with Gasteiger partial charge in [-0.2, -0.15) is 0 Å². The van der Waals surface area contributed by atoms with Gasteiger partial charge in [-0.15, -0.1) is 0 Å². The predicted molar refractivity (Wildman–Crippen MR) is 69.7 cm³/mol. The molecule has 0 aliphatic carbocycles. The molecule has 2 rings (SSSR count). The van der Waals surface area contributed by atoms with Crippen molar-refractivity contribution in [3.63, 3.8) is 0 Å². The Hall–Kier alpha value is -1.15. The van der Waals surface area contributed by atoms with Crippen molar-refractivity contribution in [1.82, 2.24) is 4.90 Å². The van der Waals surface area contributed by atoms with Gasteiger partial charge in [0.2, 0.25) is 0 Å². The summed E-state index contributed by atoms with van der Waals surface area (Å²) in [5, 5.41) is 0. The Morgan fingerprint density at radius 1 is 1.35 bits per heavy atom.